The molecule has 1 aliphatic heterocycles. The predicted molar refractivity (Wildman–Crippen MR) is 132 cm³/mol. The van der Waals surface area contributed by atoms with Crippen molar-refractivity contribution in [1.82, 2.24) is 24.7 Å². The van der Waals surface area contributed by atoms with Crippen LogP contribution < -0.4 is 5.32 Å². The Bertz CT molecular complexity index is 875. The second-order valence-corrected chi connectivity index (χ2v) is 16.1. The summed E-state index contributed by atoms with van der Waals surface area (Å²) in [5, 5.41) is 3.06. The lowest BCUT2D eigenvalue weighted by Gasteiger charge is -2.32. The Balaban J connectivity index is 1.59. The molecule has 0 spiro atoms. The van der Waals surface area contributed by atoms with Gasteiger partial charge in [0.25, 0.3) is 5.91 Å². The highest BCUT2D eigenvalue weighted by molar-refractivity contribution is 9.10. The van der Waals surface area contributed by atoms with Gasteiger partial charge in [-0.3, -0.25) is 9.36 Å². The molecule has 0 radical (unpaired) electrons. The minimum absolute atomic E-state index is 0.139. The lowest BCUT2D eigenvalue weighted by Crippen LogP contribution is -2.45. The van der Waals surface area contributed by atoms with Gasteiger partial charge in [0.2, 0.25) is 5.82 Å². The molecule has 1 aliphatic rings. The number of piperazine rings is 1. The van der Waals surface area contributed by atoms with Gasteiger partial charge in [-0.2, -0.15) is 0 Å². The second-order valence-electron chi connectivity index (χ2n) is 9.60. The Morgan fingerprint density at radius 3 is 2.68 bits per heavy atom. The van der Waals surface area contributed by atoms with Crippen LogP contribution in [0.5, 0.6) is 0 Å². The number of carbonyl (C=O) groups is 1. The maximum absolute atomic E-state index is 12.9. The van der Waals surface area contributed by atoms with E-state index in [9.17, 15) is 4.79 Å². The molecule has 0 unspecified atom stereocenters. The van der Waals surface area contributed by atoms with E-state index < -0.39 is 8.07 Å². The smallest absolute Gasteiger partial charge is 0.287 e. The summed E-state index contributed by atoms with van der Waals surface area (Å²) in [6.45, 7) is 14.1. The monoisotopic (exact) mass is 509 g/mol. The third kappa shape index (κ3) is 7.39. The Kier molecular flexibility index (Phi) is 8.69. The first-order chi connectivity index (χ1) is 14.7. The van der Waals surface area contributed by atoms with Crippen LogP contribution in [0.25, 0.3) is 11.0 Å². The molecule has 1 saturated heterocycles. The van der Waals surface area contributed by atoms with E-state index in [1.54, 1.807) is 0 Å². The summed E-state index contributed by atoms with van der Waals surface area (Å²) in [4.78, 5) is 22.4. The zero-order chi connectivity index (χ0) is 22.4. The lowest BCUT2D eigenvalue weighted by atomic mass is 10.3. The van der Waals surface area contributed by atoms with Gasteiger partial charge in [-0.15, -0.1) is 0 Å². The molecule has 7 nitrogen and oxygen atoms in total. The standard InChI is InChI=1S/C22H36BrN5O2Si/c1-26-10-12-27(13-11-26)9-5-8-24-22(29)21-25-19-16-18(23)6-7-20(19)28(21)17-30-14-15-31(2,3)4/h6-7,16H,5,8-15,17H2,1-4H3,(H,24,29). The van der Waals surface area contributed by atoms with Crippen molar-refractivity contribution < 1.29 is 9.53 Å². The third-order valence-corrected chi connectivity index (χ3v) is 7.86. The number of ether oxygens (including phenoxy) is 1. The maximum atomic E-state index is 12.9. The number of benzene rings is 1. The first-order valence-corrected chi connectivity index (χ1v) is 15.7. The van der Waals surface area contributed by atoms with Gasteiger partial charge in [-0.05, 0) is 44.3 Å². The number of likely N-dealkylation sites (N-methyl/N-ethyl adjacent to an activating group) is 1. The molecule has 31 heavy (non-hydrogen) atoms. The molecular weight excluding hydrogens is 474 g/mol. The van der Waals surface area contributed by atoms with Crippen molar-refractivity contribution in [2.75, 3.05) is 52.9 Å². The molecule has 0 bridgehead atoms. The van der Waals surface area contributed by atoms with E-state index in [2.05, 4.69) is 62.7 Å². The van der Waals surface area contributed by atoms with E-state index in [1.807, 2.05) is 22.8 Å². The number of halogens is 1. The zero-order valence-corrected chi connectivity index (χ0v) is 21.9. The fourth-order valence-corrected chi connectivity index (χ4v) is 4.70. The van der Waals surface area contributed by atoms with Crippen LogP contribution in [0.2, 0.25) is 25.7 Å². The van der Waals surface area contributed by atoms with Gasteiger partial charge in [-0.1, -0.05) is 35.6 Å². The molecule has 1 fully saturated rings. The van der Waals surface area contributed by atoms with E-state index in [0.717, 1.165) is 60.7 Å². The summed E-state index contributed by atoms with van der Waals surface area (Å²) >= 11 is 3.50. The Hall–Kier alpha value is -1.26. The highest BCUT2D eigenvalue weighted by Gasteiger charge is 2.19. The molecule has 2 heterocycles. The van der Waals surface area contributed by atoms with E-state index in [1.165, 1.54) is 0 Å². The van der Waals surface area contributed by atoms with E-state index in [0.29, 0.717) is 25.7 Å². The van der Waals surface area contributed by atoms with Crippen LogP contribution in [0, 0.1) is 0 Å². The average molecular weight is 511 g/mol. The Morgan fingerprint density at radius 1 is 1.23 bits per heavy atom. The number of carbonyl (C=O) groups excluding carboxylic acids is 1. The fourth-order valence-electron chi connectivity index (χ4n) is 3.60. The summed E-state index contributed by atoms with van der Waals surface area (Å²) in [5.41, 5.74) is 1.71. The molecule has 9 heteroatoms. The van der Waals surface area contributed by atoms with Crippen molar-refractivity contribution in [2.24, 2.45) is 0 Å². The third-order valence-electron chi connectivity index (χ3n) is 5.66. The number of nitrogens with zero attached hydrogens (tertiary/aromatic N) is 4. The van der Waals surface area contributed by atoms with Crippen molar-refractivity contribution >= 4 is 40.9 Å². The molecule has 1 N–H and O–H groups in total. The summed E-state index contributed by atoms with van der Waals surface area (Å²) in [6, 6.07) is 7.00. The SMILES string of the molecule is CN1CCN(CCCNC(=O)c2nc3cc(Br)ccc3n2COCC[Si](C)(C)C)CC1. The number of aromatic nitrogens is 2. The topological polar surface area (TPSA) is 62.6 Å². The molecule has 3 rings (SSSR count). The highest BCUT2D eigenvalue weighted by Crippen LogP contribution is 2.21. The maximum Gasteiger partial charge on any atom is 0.287 e. The van der Waals surface area contributed by atoms with Gasteiger partial charge in [0, 0.05) is 51.9 Å². The van der Waals surface area contributed by atoms with Crippen LogP contribution in [0.15, 0.2) is 22.7 Å². The van der Waals surface area contributed by atoms with Gasteiger partial charge < -0.3 is 19.9 Å². The lowest BCUT2D eigenvalue weighted by molar-refractivity contribution is 0.0801. The van der Waals surface area contributed by atoms with Gasteiger partial charge in [0.15, 0.2) is 0 Å². The first-order valence-electron chi connectivity index (χ1n) is 11.2. The minimum Gasteiger partial charge on any atom is -0.361 e. The van der Waals surface area contributed by atoms with E-state index in [4.69, 9.17) is 4.74 Å². The number of nitrogens with one attached hydrogen (secondary N) is 1. The van der Waals surface area contributed by atoms with Gasteiger partial charge in [0.05, 0.1) is 11.0 Å². The molecular formula is C22H36BrN5O2Si. The number of rotatable bonds is 10. The number of hydrogen-bond acceptors (Lipinski definition) is 5. The molecule has 1 aromatic carbocycles. The summed E-state index contributed by atoms with van der Waals surface area (Å²) in [5.74, 6) is 0.278. The van der Waals surface area contributed by atoms with E-state index >= 15 is 0 Å². The van der Waals surface area contributed by atoms with Crippen LogP contribution in [0.1, 0.15) is 17.0 Å². The number of amides is 1. The largest absolute Gasteiger partial charge is 0.361 e. The number of hydrogen-bond donors (Lipinski definition) is 1. The summed E-state index contributed by atoms with van der Waals surface area (Å²) < 4.78 is 8.79. The van der Waals surface area contributed by atoms with Crippen LogP contribution in [-0.2, 0) is 11.5 Å². The minimum atomic E-state index is -1.16. The molecule has 0 atom stereocenters. The zero-order valence-electron chi connectivity index (χ0n) is 19.3. The molecule has 0 saturated carbocycles. The highest BCUT2D eigenvalue weighted by atomic mass is 79.9. The summed E-state index contributed by atoms with van der Waals surface area (Å²) in [7, 11) is 1.01. The van der Waals surface area contributed by atoms with Crippen molar-refractivity contribution in [3.8, 4) is 0 Å². The quantitative estimate of drug-likeness (QED) is 0.392. The first kappa shape index (κ1) is 24.4. The normalized spacial score (nSPS) is 16.2. The van der Waals surface area contributed by atoms with Crippen LogP contribution in [0.3, 0.4) is 0 Å². The molecule has 1 amide bonds. The summed E-state index contributed by atoms with van der Waals surface area (Å²) in [6.07, 6.45) is 0.938. The van der Waals surface area contributed by atoms with Crippen LogP contribution >= 0.6 is 15.9 Å². The van der Waals surface area contributed by atoms with Crippen LogP contribution in [-0.4, -0.2) is 86.3 Å². The van der Waals surface area contributed by atoms with Crippen molar-refractivity contribution in [3.05, 3.63) is 28.5 Å². The Morgan fingerprint density at radius 2 is 1.97 bits per heavy atom. The molecule has 2 aromatic rings. The predicted octanol–water partition coefficient (Wildman–Crippen LogP) is 3.48. The van der Waals surface area contributed by atoms with Crippen molar-refractivity contribution in [1.29, 1.82) is 0 Å². The molecule has 1 aromatic heterocycles. The molecule has 172 valence electrons. The average Bonchev–Trinajstić information content (AvgIpc) is 3.06. The number of imidazole rings is 1. The molecule has 0 aliphatic carbocycles. The van der Waals surface area contributed by atoms with Gasteiger partial charge in [-0.25, -0.2) is 4.98 Å². The second kappa shape index (κ2) is 11.0. The van der Waals surface area contributed by atoms with Gasteiger partial charge >= 0.3 is 0 Å². The van der Waals surface area contributed by atoms with Gasteiger partial charge in [0.1, 0.15) is 6.73 Å². The van der Waals surface area contributed by atoms with Crippen molar-refractivity contribution in [3.63, 3.8) is 0 Å². The van der Waals surface area contributed by atoms with Crippen LogP contribution in [0.4, 0.5) is 0 Å². The Labute approximate surface area is 195 Å². The van der Waals surface area contributed by atoms with Crippen molar-refractivity contribution in [2.45, 2.75) is 38.8 Å². The van der Waals surface area contributed by atoms with E-state index in [-0.39, 0.29) is 5.91 Å². The fraction of sp³-hybridized carbons (Fsp3) is 0.636. The number of fused-ring (bicyclic) bond motifs is 1.